The van der Waals surface area contributed by atoms with Crippen LogP contribution in [0.15, 0.2) is 24.3 Å². The molecule has 1 amide bonds. The van der Waals surface area contributed by atoms with Crippen molar-refractivity contribution in [3.8, 4) is 28.7 Å². The van der Waals surface area contributed by atoms with Crippen molar-refractivity contribution in [1.82, 2.24) is 10.9 Å². The Kier molecular flexibility index (Phi) is 7.54. The van der Waals surface area contributed by atoms with Gasteiger partial charge in [0.1, 0.15) is 0 Å². The molecule has 190 valence electrons. The van der Waals surface area contributed by atoms with Gasteiger partial charge in [0.15, 0.2) is 23.0 Å². The van der Waals surface area contributed by atoms with E-state index >= 15 is 0 Å². The number of hydrogen-bond donors (Lipinski definition) is 4. The van der Waals surface area contributed by atoms with Gasteiger partial charge in [-0.2, -0.15) is 0 Å². The molecule has 1 heterocycles. The molecule has 0 bridgehead atoms. The lowest BCUT2D eigenvalue weighted by molar-refractivity contribution is -0.132. The van der Waals surface area contributed by atoms with Gasteiger partial charge in [-0.3, -0.25) is 10.2 Å². The number of hydrazine groups is 1. The van der Waals surface area contributed by atoms with Gasteiger partial charge in [-0.25, -0.2) is 5.43 Å². The first kappa shape index (κ1) is 24.9. The second-order valence-corrected chi connectivity index (χ2v) is 8.34. The zero-order chi connectivity index (χ0) is 25.1. The number of methoxy groups -OCH3 is 2. The van der Waals surface area contributed by atoms with E-state index in [1.165, 1.54) is 14.2 Å². The van der Waals surface area contributed by atoms with Crippen LogP contribution >= 0.6 is 0 Å². The Morgan fingerprint density at radius 3 is 2.23 bits per heavy atom. The zero-order valence-corrected chi connectivity index (χ0v) is 20.3. The summed E-state index contributed by atoms with van der Waals surface area (Å²) in [5.41, 5.74) is 7.50. The molecule has 4 N–H and O–H groups in total. The van der Waals surface area contributed by atoms with E-state index in [1.54, 1.807) is 24.3 Å². The van der Waals surface area contributed by atoms with Crippen LogP contribution in [0.5, 0.6) is 28.7 Å². The number of carbonyl (C=O) groups is 1. The Morgan fingerprint density at radius 2 is 1.69 bits per heavy atom. The molecule has 0 aromatic heterocycles. The summed E-state index contributed by atoms with van der Waals surface area (Å²) in [6.45, 7) is 4.30. The Hall–Kier alpha value is -3.21. The van der Waals surface area contributed by atoms with Crippen molar-refractivity contribution >= 4 is 5.91 Å². The first-order chi connectivity index (χ1) is 17.0. The van der Waals surface area contributed by atoms with Crippen LogP contribution in [-0.2, 0) is 4.79 Å². The summed E-state index contributed by atoms with van der Waals surface area (Å²) in [5, 5.41) is 21.6. The minimum atomic E-state index is -1.09. The van der Waals surface area contributed by atoms with Crippen LogP contribution in [0, 0.1) is 11.8 Å². The van der Waals surface area contributed by atoms with Crippen LogP contribution in [0.3, 0.4) is 0 Å². The summed E-state index contributed by atoms with van der Waals surface area (Å²) < 4.78 is 28.1. The largest absolute Gasteiger partial charge is 0.493 e. The van der Waals surface area contributed by atoms with Gasteiger partial charge in [-0.1, -0.05) is 6.92 Å². The van der Waals surface area contributed by atoms with Crippen molar-refractivity contribution < 1.29 is 38.7 Å². The quantitative estimate of drug-likeness (QED) is 0.391. The van der Waals surface area contributed by atoms with E-state index in [4.69, 9.17) is 23.7 Å². The first-order valence-corrected chi connectivity index (χ1v) is 11.6. The van der Waals surface area contributed by atoms with Gasteiger partial charge in [0.25, 0.3) is 0 Å². The Bertz CT molecular complexity index is 1050. The predicted octanol–water partition coefficient (Wildman–Crippen LogP) is 1.88. The van der Waals surface area contributed by atoms with Crippen molar-refractivity contribution in [2.75, 3.05) is 40.8 Å². The highest BCUT2D eigenvalue weighted by atomic mass is 16.7. The van der Waals surface area contributed by atoms with Gasteiger partial charge < -0.3 is 33.9 Å². The van der Waals surface area contributed by atoms with E-state index in [-0.39, 0.29) is 12.7 Å². The fraction of sp³-hybridized carbons (Fsp3) is 0.480. The highest BCUT2D eigenvalue weighted by molar-refractivity contribution is 5.81. The van der Waals surface area contributed by atoms with Crippen molar-refractivity contribution in [3.05, 3.63) is 41.0 Å². The lowest BCUT2D eigenvalue weighted by Gasteiger charge is -2.41. The number of carbonyl (C=O) groups excluding carboxylic acids is 1. The van der Waals surface area contributed by atoms with E-state index < -0.39 is 30.5 Å². The molecule has 0 spiro atoms. The lowest BCUT2D eigenvalue weighted by Crippen LogP contribution is -2.49. The Balaban J connectivity index is 1.95. The van der Waals surface area contributed by atoms with Crippen molar-refractivity contribution in [2.45, 2.75) is 25.9 Å². The fourth-order valence-corrected chi connectivity index (χ4v) is 4.94. The molecule has 10 heteroatoms. The zero-order valence-electron chi connectivity index (χ0n) is 20.3. The van der Waals surface area contributed by atoms with Gasteiger partial charge in [0, 0.05) is 25.0 Å². The molecular weight excluding hydrogens is 456 g/mol. The van der Waals surface area contributed by atoms with E-state index in [2.05, 4.69) is 10.9 Å². The number of rotatable bonds is 9. The van der Waals surface area contributed by atoms with Crippen LogP contribution in [0.25, 0.3) is 0 Å². The molecule has 2 aromatic carbocycles. The molecule has 0 saturated heterocycles. The minimum absolute atomic E-state index is 0.0669. The number of amides is 1. The molecular formula is C25H32N2O8. The topological polar surface area (TPSA) is 128 Å². The van der Waals surface area contributed by atoms with Gasteiger partial charge >= 0.3 is 0 Å². The SMILES string of the molecule is CCNNC(=O)C1C(c2cc(OC)c(OCC)c(OC)c2)c2cc3c(cc2C(O)[C@H]1CO)OCO3. The third-order valence-electron chi connectivity index (χ3n) is 6.49. The molecule has 2 aromatic rings. The maximum absolute atomic E-state index is 13.4. The summed E-state index contributed by atoms with van der Waals surface area (Å²) in [6.07, 6.45) is -1.09. The van der Waals surface area contributed by atoms with Crippen molar-refractivity contribution in [1.29, 1.82) is 0 Å². The average Bonchev–Trinajstić information content (AvgIpc) is 3.34. The van der Waals surface area contributed by atoms with Crippen molar-refractivity contribution in [3.63, 3.8) is 0 Å². The molecule has 10 nitrogen and oxygen atoms in total. The highest BCUT2D eigenvalue weighted by Crippen LogP contribution is 2.53. The van der Waals surface area contributed by atoms with Gasteiger partial charge in [-0.15, -0.1) is 0 Å². The number of ether oxygens (including phenoxy) is 5. The fourth-order valence-electron chi connectivity index (χ4n) is 4.94. The molecule has 3 unspecified atom stereocenters. The summed E-state index contributed by atoms with van der Waals surface area (Å²) in [6, 6.07) is 7.11. The average molecular weight is 489 g/mol. The summed E-state index contributed by atoms with van der Waals surface area (Å²) in [7, 11) is 3.06. The van der Waals surface area contributed by atoms with E-state index in [9.17, 15) is 15.0 Å². The van der Waals surface area contributed by atoms with Crippen LogP contribution in [0.1, 0.15) is 42.6 Å². The molecule has 1 aliphatic carbocycles. The smallest absolute Gasteiger partial charge is 0.238 e. The predicted molar refractivity (Wildman–Crippen MR) is 126 cm³/mol. The molecule has 0 radical (unpaired) electrons. The molecule has 4 rings (SSSR count). The van der Waals surface area contributed by atoms with E-state index in [0.29, 0.717) is 58.6 Å². The maximum atomic E-state index is 13.4. The van der Waals surface area contributed by atoms with E-state index in [1.807, 2.05) is 13.8 Å². The summed E-state index contributed by atoms with van der Waals surface area (Å²) in [5.74, 6) is -0.154. The summed E-state index contributed by atoms with van der Waals surface area (Å²) in [4.78, 5) is 13.4. The molecule has 1 aliphatic heterocycles. The summed E-state index contributed by atoms with van der Waals surface area (Å²) >= 11 is 0. The lowest BCUT2D eigenvalue weighted by atomic mass is 9.65. The third kappa shape index (κ3) is 4.44. The number of benzene rings is 2. The molecule has 4 atom stereocenters. The molecule has 2 aliphatic rings. The van der Waals surface area contributed by atoms with Gasteiger partial charge in [0.05, 0.1) is 32.8 Å². The molecule has 35 heavy (non-hydrogen) atoms. The minimum Gasteiger partial charge on any atom is -0.493 e. The Labute approximate surface area is 204 Å². The number of nitrogens with one attached hydrogen (secondary N) is 2. The van der Waals surface area contributed by atoms with Crippen molar-refractivity contribution in [2.24, 2.45) is 11.8 Å². The van der Waals surface area contributed by atoms with Crippen LogP contribution in [0.2, 0.25) is 0 Å². The first-order valence-electron chi connectivity index (χ1n) is 11.6. The van der Waals surface area contributed by atoms with Crippen LogP contribution in [0.4, 0.5) is 0 Å². The normalized spacial score (nSPS) is 22.3. The molecule has 0 saturated carbocycles. The second kappa shape index (κ2) is 10.6. The number of hydrogen-bond acceptors (Lipinski definition) is 9. The highest BCUT2D eigenvalue weighted by Gasteiger charge is 2.47. The van der Waals surface area contributed by atoms with Crippen LogP contribution in [-0.4, -0.2) is 56.9 Å². The monoisotopic (exact) mass is 488 g/mol. The number of fused-ring (bicyclic) bond motifs is 2. The maximum Gasteiger partial charge on any atom is 0.238 e. The molecule has 0 fully saturated rings. The number of aliphatic hydroxyl groups excluding tert-OH is 2. The van der Waals surface area contributed by atoms with E-state index in [0.717, 1.165) is 0 Å². The number of aliphatic hydroxyl groups is 2. The van der Waals surface area contributed by atoms with Crippen LogP contribution < -0.4 is 34.5 Å². The third-order valence-corrected chi connectivity index (χ3v) is 6.49. The van der Waals surface area contributed by atoms with Gasteiger partial charge in [0.2, 0.25) is 18.4 Å². The standard InChI is InChI=1S/C25H32N2O8/c1-5-26-27-25(30)22-16(11-28)23(29)15-10-18-17(34-12-35-18)9-14(15)21(22)13-7-19(31-3)24(33-6-2)20(8-13)32-4/h7-10,16,21-23,26,28-29H,5-6,11-12H2,1-4H3,(H,27,30)/t16-,21?,22?,23?/m0/s1. The van der Waals surface area contributed by atoms with Gasteiger partial charge in [-0.05, 0) is 47.9 Å². The Morgan fingerprint density at radius 1 is 1.06 bits per heavy atom. The second-order valence-electron chi connectivity index (χ2n) is 8.34.